The Hall–Kier alpha value is -2.20. The number of ether oxygens (including phenoxy) is 1. The van der Waals surface area contributed by atoms with Crippen LogP contribution in [-0.4, -0.2) is 36.5 Å². The molecule has 0 aliphatic carbocycles. The van der Waals surface area contributed by atoms with E-state index in [-0.39, 0.29) is 11.9 Å². The molecule has 2 aromatic rings. The number of amides is 1. The van der Waals surface area contributed by atoms with Crippen molar-refractivity contribution in [3.8, 4) is 5.75 Å². The summed E-state index contributed by atoms with van der Waals surface area (Å²) >= 11 is 6.26. The molecule has 2 heterocycles. The molecule has 2 aliphatic rings. The molecule has 1 amide bonds. The number of rotatable bonds is 4. The smallest absolute Gasteiger partial charge is 0.224 e. The Morgan fingerprint density at radius 1 is 1.07 bits per heavy atom. The molecule has 0 aromatic heterocycles. The summed E-state index contributed by atoms with van der Waals surface area (Å²) < 4.78 is 5.98. The van der Waals surface area contributed by atoms with E-state index in [4.69, 9.17) is 16.3 Å². The first kappa shape index (κ1) is 18.2. The molecule has 1 fully saturated rings. The first-order valence-corrected chi connectivity index (χ1v) is 10.1. The number of carbonyl (C=O) groups is 1. The Labute approximate surface area is 165 Å². The molecule has 2 aromatic carbocycles. The molecule has 4 nitrogen and oxygen atoms in total. The van der Waals surface area contributed by atoms with E-state index in [1.165, 1.54) is 12.0 Å². The Kier molecular flexibility index (Phi) is 5.53. The van der Waals surface area contributed by atoms with Crippen molar-refractivity contribution in [1.29, 1.82) is 0 Å². The molecule has 4 rings (SSSR count). The number of hydrogen-bond donors (Lipinski definition) is 0. The maximum atomic E-state index is 12.9. The normalized spacial score (nSPS) is 19.4. The molecule has 1 atom stereocenters. The van der Waals surface area contributed by atoms with Crippen molar-refractivity contribution in [3.05, 3.63) is 59.1 Å². The Morgan fingerprint density at radius 3 is 2.63 bits per heavy atom. The topological polar surface area (TPSA) is 32.8 Å². The highest BCUT2D eigenvalue weighted by Gasteiger charge is 2.31. The number of fused-ring (bicyclic) bond motifs is 1. The summed E-state index contributed by atoms with van der Waals surface area (Å²) in [7, 11) is 0. The van der Waals surface area contributed by atoms with Crippen LogP contribution in [0.3, 0.4) is 0 Å². The van der Waals surface area contributed by atoms with Gasteiger partial charge in [0.15, 0.2) is 0 Å². The fourth-order valence-corrected chi connectivity index (χ4v) is 4.11. The highest BCUT2D eigenvalue weighted by Crippen LogP contribution is 2.38. The van der Waals surface area contributed by atoms with Crippen LogP contribution in [0.4, 0.5) is 5.69 Å². The molecule has 0 N–H and O–H groups in total. The molecule has 142 valence electrons. The number of hydrogen-bond acceptors (Lipinski definition) is 3. The molecular weight excluding hydrogens is 360 g/mol. The second kappa shape index (κ2) is 8.22. The van der Waals surface area contributed by atoms with Crippen molar-refractivity contribution in [2.24, 2.45) is 0 Å². The van der Waals surface area contributed by atoms with Crippen molar-refractivity contribution in [1.82, 2.24) is 4.90 Å². The first-order chi connectivity index (χ1) is 13.2. The number of halogens is 1. The standard InChI is InChI=1S/C22H25ClN2O2/c23-18-9-10-21-20(13-18)25(15-17-7-3-1-4-8-17)19(16-27-21)14-22(26)24-11-5-2-6-12-24/h1,3-4,7-10,13,19H,2,5-6,11-12,14-16H2/t19-/m0/s1. The lowest BCUT2D eigenvalue weighted by Crippen LogP contribution is -2.47. The highest BCUT2D eigenvalue weighted by molar-refractivity contribution is 6.31. The van der Waals surface area contributed by atoms with Gasteiger partial charge in [0.2, 0.25) is 5.91 Å². The molecule has 0 radical (unpaired) electrons. The molecule has 0 unspecified atom stereocenters. The summed E-state index contributed by atoms with van der Waals surface area (Å²) in [6.45, 7) is 3.01. The molecule has 0 spiro atoms. The number of nitrogens with zero attached hydrogens (tertiary/aromatic N) is 2. The summed E-state index contributed by atoms with van der Waals surface area (Å²) in [6.07, 6.45) is 3.92. The number of anilines is 1. The number of piperidine rings is 1. The van der Waals surface area contributed by atoms with Gasteiger partial charge in [0.25, 0.3) is 0 Å². The zero-order chi connectivity index (χ0) is 18.6. The predicted molar refractivity (Wildman–Crippen MR) is 108 cm³/mol. The van der Waals surface area contributed by atoms with E-state index in [1.54, 1.807) is 0 Å². The van der Waals surface area contributed by atoms with Crippen molar-refractivity contribution < 1.29 is 9.53 Å². The van der Waals surface area contributed by atoms with Gasteiger partial charge in [-0.05, 0) is 43.0 Å². The van der Waals surface area contributed by atoms with Gasteiger partial charge in [0, 0.05) is 24.7 Å². The minimum Gasteiger partial charge on any atom is -0.489 e. The lowest BCUT2D eigenvalue weighted by atomic mass is 10.0. The van der Waals surface area contributed by atoms with E-state index in [2.05, 4.69) is 17.0 Å². The largest absolute Gasteiger partial charge is 0.489 e. The maximum Gasteiger partial charge on any atom is 0.224 e. The number of benzene rings is 2. The van der Waals surface area contributed by atoms with Gasteiger partial charge in [-0.1, -0.05) is 41.9 Å². The zero-order valence-corrected chi connectivity index (χ0v) is 16.2. The third-order valence-corrected chi connectivity index (χ3v) is 5.65. The average molecular weight is 385 g/mol. The molecule has 2 aliphatic heterocycles. The lowest BCUT2D eigenvalue weighted by molar-refractivity contribution is -0.132. The first-order valence-electron chi connectivity index (χ1n) is 9.71. The second-order valence-corrected chi connectivity index (χ2v) is 7.77. The Morgan fingerprint density at radius 2 is 1.85 bits per heavy atom. The summed E-state index contributed by atoms with van der Waals surface area (Å²) in [5, 5.41) is 0.679. The van der Waals surface area contributed by atoms with Gasteiger partial charge in [-0.2, -0.15) is 0 Å². The molecule has 5 heteroatoms. The summed E-state index contributed by atoms with van der Waals surface area (Å²) in [4.78, 5) is 17.2. The van der Waals surface area contributed by atoms with Gasteiger partial charge in [0.05, 0.1) is 18.2 Å². The number of carbonyl (C=O) groups excluding carboxylic acids is 1. The monoisotopic (exact) mass is 384 g/mol. The van der Waals surface area contributed by atoms with Crippen molar-refractivity contribution in [3.63, 3.8) is 0 Å². The van der Waals surface area contributed by atoms with Crippen LogP contribution in [0.15, 0.2) is 48.5 Å². The van der Waals surface area contributed by atoms with Crippen LogP contribution in [0.25, 0.3) is 0 Å². The molecule has 0 bridgehead atoms. The van der Waals surface area contributed by atoms with Crippen LogP contribution in [0.2, 0.25) is 5.02 Å². The van der Waals surface area contributed by atoms with Crippen molar-refractivity contribution in [2.45, 2.75) is 38.3 Å². The van der Waals surface area contributed by atoms with Crippen molar-refractivity contribution in [2.75, 3.05) is 24.6 Å². The van der Waals surface area contributed by atoms with Crippen LogP contribution in [0.1, 0.15) is 31.2 Å². The van der Waals surface area contributed by atoms with E-state index in [9.17, 15) is 4.79 Å². The van der Waals surface area contributed by atoms with Gasteiger partial charge < -0.3 is 14.5 Å². The van der Waals surface area contributed by atoms with Crippen LogP contribution < -0.4 is 9.64 Å². The minimum absolute atomic E-state index is 0.00518. The molecule has 0 saturated carbocycles. The van der Waals surface area contributed by atoms with E-state index in [0.29, 0.717) is 18.1 Å². The van der Waals surface area contributed by atoms with Crippen LogP contribution in [-0.2, 0) is 11.3 Å². The Bertz CT molecular complexity index is 790. The minimum atomic E-state index is 0.00518. The molecule has 27 heavy (non-hydrogen) atoms. The second-order valence-electron chi connectivity index (χ2n) is 7.34. The highest BCUT2D eigenvalue weighted by atomic mass is 35.5. The molecule has 1 saturated heterocycles. The summed E-state index contributed by atoms with van der Waals surface area (Å²) in [5.74, 6) is 1.06. The van der Waals surface area contributed by atoms with Gasteiger partial charge in [-0.3, -0.25) is 4.79 Å². The zero-order valence-electron chi connectivity index (χ0n) is 15.4. The van der Waals surface area contributed by atoms with E-state index >= 15 is 0 Å². The van der Waals surface area contributed by atoms with Gasteiger partial charge in [-0.25, -0.2) is 0 Å². The lowest BCUT2D eigenvalue weighted by Gasteiger charge is -2.39. The van der Waals surface area contributed by atoms with Gasteiger partial charge >= 0.3 is 0 Å². The van der Waals surface area contributed by atoms with E-state index in [1.807, 2.05) is 41.3 Å². The van der Waals surface area contributed by atoms with Crippen LogP contribution in [0, 0.1) is 0 Å². The van der Waals surface area contributed by atoms with Crippen molar-refractivity contribution >= 4 is 23.2 Å². The fourth-order valence-electron chi connectivity index (χ4n) is 3.95. The predicted octanol–water partition coefficient (Wildman–Crippen LogP) is 4.51. The summed E-state index contributed by atoms with van der Waals surface area (Å²) in [5.41, 5.74) is 2.18. The average Bonchev–Trinajstić information content (AvgIpc) is 2.71. The maximum absolute atomic E-state index is 12.9. The molecular formula is C22H25ClN2O2. The van der Waals surface area contributed by atoms with E-state index < -0.39 is 0 Å². The van der Waals surface area contributed by atoms with Gasteiger partial charge in [-0.15, -0.1) is 0 Å². The summed E-state index contributed by atoms with van der Waals surface area (Å²) in [6, 6.07) is 16.0. The number of likely N-dealkylation sites (tertiary alicyclic amines) is 1. The van der Waals surface area contributed by atoms with Crippen LogP contribution >= 0.6 is 11.6 Å². The SMILES string of the molecule is O=C(C[C@H]1COc2ccc(Cl)cc2N1Cc1ccccc1)N1CCCCC1. The van der Waals surface area contributed by atoms with E-state index in [0.717, 1.165) is 43.9 Å². The van der Waals surface area contributed by atoms with Gasteiger partial charge in [0.1, 0.15) is 12.4 Å². The quantitative estimate of drug-likeness (QED) is 0.777. The fraction of sp³-hybridized carbons (Fsp3) is 0.409. The third-order valence-electron chi connectivity index (χ3n) is 5.42. The third kappa shape index (κ3) is 4.22. The Balaban J connectivity index is 1.58. The van der Waals surface area contributed by atoms with Crippen LogP contribution in [0.5, 0.6) is 5.75 Å².